The number of aromatic nitrogens is 3. The van der Waals surface area contributed by atoms with Crippen molar-refractivity contribution in [1.82, 2.24) is 14.8 Å². The Morgan fingerprint density at radius 2 is 2.07 bits per heavy atom. The van der Waals surface area contributed by atoms with Crippen molar-refractivity contribution in [3.05, 3.63) is 5.82 Å². The predicted molar refractivity (Wildman–Crippen MR) is 64.0 cm³/mol. The van der Waals surface area contributed by atoms with Crippen LogP contribution >= 0.6 is 27.7 Å². The van der Waals surface area contributed by atoms with Crippen molar-refractivity contribution in [1.29, 1.82) is 0 Å². The molecule has 0 radical (unpaired) electrons. The van der Waals surface area contributed by atoms with Gasteiger partial charge in [-0.15, -0.1) is 10.2 Å². The zero-order valence-electron chi connectivity index (χ0n) is 9.04. The fraction of sp³-hybridized carbons (Fsp3) is 0.778. The predicted octanol–water partition coefficient (Wildman–Crippen LogP) is 2.64. The molecule has 3 nitrogen and oxygen atoms in total. The molecule has 0 saturated carbocycles. The van der Waals surface area contributed by atoms with E-state index in [9.17, 15) is 0 Å². The maximum absolute atomic E-state index is 4.11. The first-order valence-corrected chi connectivity index (χ1v) is 6.62. The van der Waals surface area contributed by atoms with Crippen LogP contribution in [0.2, 0.25) is 0 Å². The maximum atomic E-state index is 4.11. The molecule has 0 amide bonds. The van der Waals surface area contributed by atoms with E-state index in [4.69, 9.17) is 0 Å². The van der Waals surface area contributed by atoms with Crippen LogP contribution in [-0.2, 0) is 7.05 Å². The van der Waals surface area contributed by atoms with Crippen molar-refractivity contribution in [3.63, 3.8) is 0 Å². The highest BCUT2D eigenvalue weighted by Gasteiger charge is 2.18. The summed E-state index contributed by atoms with van der Waals surface area (Å²) in [4.78, 5) is 0. The topological polar surface area (TPSA) is 30.7 Å². The molecule has 0 unspecified atom stereocenters. The fourth-order valence-corrected chi connectivity index (χ4v) is 2.32. The summed E-state index contributed by atoms with van der Waals surface area (Å²) in [5, 5.41) is 10.1. The summed E-state index contributed by atoms with van der Waals surface area (Å²) in [7, 11) is 2.00. The minimum Gasteiger partial charge on any atom is -0.309 e. The summed E-state index contributed by atoms with van der Waals surface area (Å²) in [5.41, 5.74) is 0.296. The molecule has 5 heteroatoms. The van der Waals surface area contributed by atoms with Gasteiger partial charge in [-0.05, 0) is 12.3 Å². The van der Waals surface area contributed by atoms with Crippen molar-refractivity contribution in [3.8, 4) is 0 Å². The first-order valence-electron chi connectivity index (χ1n) is 4.51. The quantitative estimate of drug-likeness (QED) is 0.626. The van der Waals surface area contributed by atoms with Crippen LogP contribution in [-0.4, -0.2) is 25.8 Å². The summed E-state index contributed by atoms with van der Waals surface area (Å²) in [6, 6.07) is 0. The molecule has 1 heterocycles. The number of hydrogen-bond donors (Lipinski definition) is 0. The summed E-state index contributed by atoms with van der Waals surface area (Å²) in [5.74, 6) is 2.01. The van der Waals surface area contributed by atoms with Crippen LogP contribution in [0.4, 0.5) is 0 Å². The lowest BCUT2D eigenvalue weighted by Gasteiger charge is -2.20. The number of nitrogens with zero attached hydrogens (tertiary/aromatic N) is 3. The van der Waals surface area contributed by atoms with Gasteiger partial charge in [0.25, 0.3) is 0 Å². The van der Waals surface area contributed by atoms with E-state index in [1.54, 1.807) is 11.8 Å². The van der Waals surface area contributed by atoms with Crippen LogP contribution in [0.5, 0.6) is 0 Å². The second-order valence-electron chi connectivity index (χ2n) is 4.18. The molecule has 0 N–H and O–H groups in total. The Morgan fingerprint density at radius 1 is 1.43 bits per heavy atom. The van der Waals surface area contributed by atoms with E-state index >= 15 is 0 Å². The Labute approximate surface area is 97.8 Å². The van der Waals surface area contributed by atoms with Crippen LogP contribution in [0.3, 0.4) is 0 Å². The van der Waals surface area contributed by atoms with Gasteiger partial charge in [-0.25, -0.2) is 0 Å². The molecule has 0 atom stereocenters. The number of aryl methyl sites for hydroxylation is 1. The largest absolute Gasteiger partial charge is 0.309 e. The molecule has 0 spiro atoms. The van der Waals surface area contributed by atoms with Gasteiger partial charge < -0.3 is 4.57 Å². The van der Waals surface area contributed by atoms with Crippen molar-refractivity contribution in [2.75, 3.05) is 11.1 Å². The molecule has 1 aromatic heterocycles. The first-order chi connectivity index (χ1) is 6.46. The lowest BCUT2D eigenvalue weighted by molar-refractivity contribution is 0.495. The monoisotopic (exact) mass is 277 g/mol. The number of halogens is 1. The maximum Gasteiger partial charge on any atom is 0.190 e. The number of hydrogen-bond acceptors (Lipinski definition) is 3. The number of alkyl halides is 1. The lowest BCUT2D eigenvalue weighted by Crippen LogP contribution is -2.16. The van der Waals surface area contributed by atoms with Gasteiger partial charge in [-0.3, -0.25) is 0 Å². The van der Waals surface area contributed by atoms with Crippen LogP contribution in [0.25, 0.3) is 0 Å². The van der Waals surface area contributed by atoms with Gasteiger partial charge in [-0.1, -0.05) is 41.5 Å². The lowest BCUT2D eigenvalue weighted by atomic mass is 10.0. The second-order valence-corrected chi connectivity index (χ2v) is 5.68. The van der Waals surface area contributed by atoms with E-state index in [0.29, 0.717) is 5.41 Å². The van der Waals surface area contributed by atoms with Crippen LogP contribution in [0, 0.1) is 12.3 Å². The summed E-state index contributed by atoms with van der Waals surface area (Å²) >= 11 is 5.27. The summed E-state index contributed by atoms with van der Waals surface area (Å²) in [6.07, 6.45) is 0. The molecule has 1 aromatic rings. The Kier molecular flexibility index (Phi) is 4.01. The highest BCUT2D eigenvalue weighted by Crippen LogP contribution is 2.27. The molecule has 0 bridgehead atoms. The zero-order chi connectivity index (χ0) is 10.8. The standard InChI is InChI=1S/C9H16BrN3S/c1-7-11-12-8(13(7)4)14-6-9(2,3)5-10/h5-6H2,1-4H3. The van der Waals surface area contributed by atoms with Gasteiger partial charge in [0.1, 0.15) is 5.82 Å². The third-order valence-electron chi connectivity index (χ3n) is 2.01. The van der Waals surface area contributed by atoms with E-state index in [1.807, 2.05) is 18.5 Å². The highest BCUT2D eigenvalue weighted by molar-refractivity contribution is 9.09. The molecule has 0 aliphatic rings. The molecule has 14 heavy (non-hydrogen) atoms. The average molecular weight is 278 g/mol. The fourth-order valence-electron chi connectivity index (χ4n) is 0.812. The Balaban J connectivity index is 2.58. The van der Waals surface area contributed by atoms with Crippen molar-refractivity contribution >= 4 is 27.7 Å². The second kappa shape index (κ2) is 4.66. The average Bonchev–Trinajstić information content (AvgIpc) is 2.45. The van der Waals surface area contributed by atoms with Crippen molar-refractivity contribution < 1.29 is 0 Å². The zero-order valence-corrected chi connectivity index (χ0v) is 11.4. The van der Waals surface area contributed by atoms with E-state index in [2.05, 4.69) is 40.0 Å². The van der Waals surface area contributed by atoms with E-state index < -0.39 is 0 Å². The molecule has 0 fully saturated rings. The summed E-state index contributed by atoms with van der Waals surface area (Å²) < 4.78 is 2.02. The normalized spacial score (nSPS) is 12.1. The first kappa shape index (κ1) is 12.0. The third kappa shape index (κ3) is 2.98. The molecule has 0 aromatic carbocycles. The summed E-state index contributed by atoms with van der Waals surface area (Å²) in [6.45, 7) is 6.43. The van der Waals surface area contributed by atoms with E-state index in [1.165, 1.54) is 0 Å². The minimum atomic E-state index is 0.296. The van der Waals surface area contributed by atoms with Crippen LogP contribution < -0.4 is 0 Å². The number of rotatable bonds is 4. The number of thioether (sulfide) groups is 1. The molecular formula is C9H16BrN3S. The van der Waals surface area contributed by atoms with E-state index in [-0.39, 0.29) is 0 Å². The van der Waals surface area contributed by atoms with Gasteiger partial charge in [0.2, 0.25) is 0 Å². The minimum absolute atomic E-state index is 0.296. The van der Waals surface area contributed by atoms with Gasteiger partial charge in [0.15, 0.2) is 5.16 Å². The smallest absolute Gasteiger partial charge is 0.190 e. The van der Waals surface area contributed by atoms with Gasteiger partial charge >= 0.3 is 0 Å². The third-order valence-corrected chi connectivity index (χ3v) is 5.06. The van der Waals surface area contributed by atoms with Gasteiger partial charge in [0.05, 0.1) is 0 Å². The van der Waals surface area contributed by atoms with Gasteiger partial charge in [-0.2, -0.15) is 0 Å². The Morgan fingerprint density at radius 3 is 2.50 bits per heavy atom. The van der Waals surface area contributed by atoms with Crippen molar-refractivity contribution in [2.24, 2.45) is 12.5 Å². The molecule has 80 valence electrons. The SMILES string of the molecule is Cc1nnc(SCC(C)(C)CBr)n1C. The van der Waals surface area contributed by atoms with Crippen molar-refractivity contribution in [2.45, 2.75) is 25.9 Å². The molecule has 1 rings (SSSR count). The van der Waals surface area contributed by atoms with E-state index in [0.717, 1.165) is 22.1 Å². The van der Waals surface area contributed by atoms with Crippen LogP contribution in [0.1, 0.15) is 19.7 Å². The molecule has 0 aliphatic carbocycles. The van der Waals surface area contributed by atoms with Gasteiger partial charge in [0, 0.05) is 18.1 Å². The molecule has 0 aliphatic heterocycles. The molecule has 0 saturated heterocycles. The molecular weight excluding hydrogens is 262 g/mol. The Hall–Kier alpha value is -0.0300. The highest BCUT2D eigenvalue weighted by atomic mass is 79.9. The Bertz CT molecular complexity index is 309. The van der Waals surface area contributed by atoms with Crippen LogP contribution in [0.15, 0.2) is 5.16 Å².